The molecule has 2 rings (SSSR count). The SMILES string of the molecule is COc1ccc(-c2ccnc(C(C)(C)C)n2)cc1. The Kier molecular flexibility index (Phi) is 3.32. The van der Waals surface area contributed by atoms with Crippen molar-refractivity contribution in [2.75, 3.05) is 7.11 Å². The Morgan fingerprint density at radius 2 is 1.67 bits per heavy atom. The van der Waals surface area contributed by atoms with Gasteiger partial charge in [0.05, 0.1) is 12.8 Å². The third-order valence-electron chi connectivity index (χ3n) is 2.71. The minimum atomic E-state index is -0.0392. The molecular weight excluding hydrogens is 224 g/mol. The van der Waals surface area contributed by atoms with Gasteiger partial charge in [-0.15, -0.1) is 0 Å². The topological polar surface area (TPSA) is 35.0 Å². The molecule has 0 radical (unpaired) electrons. The monoisotopic (exact) mass is 242 g/mol. The average molecular weight is 242 g/mol. The van der Waals surface area contributed by atoms with Crippen LogP contribution >= 0.6 is 0 Å². The normalized spacial score (nSPS) is 11.3. The number of hydrogen-bond donors (Lipinski definition) is 0. The van der Waals surface area contributed by atoms with Gasteiger partial charge in [0.1, 0.15) is 11.6 Å². The van der Waals surface area contributed by atoms with Crippen molar-refractivity contribution < 1.29 is 4.74 Å². The lowest BCUT2D eigenvalue weighted by Gasteiger charge is -2.16. The van der Waals surface area contributed by atoms with Crippen molar-refractivity contribution in [2.24, 2.45) is 0 Å². The van der Waals surface area contributed by atoms with E-state index in [9.17, 15) is 0 Å². The van der Waals surface area contributed by atoms with E-state index in [4.69, 9.17) is 4.74 Å². The second-order valence-corrected chi connectivity index (χ2v) is 5.24. The predicted molar refractivity (Wildman–Crippen MR) is 72.7 cm³/mol. The molecule has 0 unspecified atom stereocenters. The van der Waals surface area contributed by atoms with E-state index in [1.807, 2.05) is 36.5 Å². The molecule has 0 bridgehead atoms. The minimum Gasteiger partial charge on any atom is -0.497 e. The zero-order valence-electron chi connectivity index (χ0n) is 11.3. The summed E-state index contributed by atoms with van der Waals surface area (Å²) in [4.78, 5) is 8.95. The van der Waals surface area contributed by atoms with Crippen molar-refractivity contribution in [3.05, 3.63) is 42.4 Å². The summed E-state index contributed by atoms with van der Waals surface area (Å²) < 4.78 is 5.15. The van der Waals surface area contributed by atoms with Crippen molar-refractivity contribution in [1.82, 2.24) is 9.97 Å². The molecule has 1 aromatic heterocycles. The first kappa shape index (κ1) is 12.6. The summed E-state index contributed by atoms with van der Waals surface area (Å²) in [6.45, 7) is 6.33. The van der Waals surface area contributed by atoms with Crippen LogP contribution in [0.1, 0.15) is 26.6 Å². The van der Waals surface area contributed by atoms with E-state index in [0.717, 1.165) is 22.8 Å². The first-order valence-corrected chi connectivity index (χ1v) is 5.98. The summed E-state index contributed by atoms with van der Waals surface area (Å²) in [7, 11) is 1.66. The van der Waals surface area contributed by atoms with Gasteiger partial charge in [0, 0.05) is 17.2 Å². The second kappa shape index (κ2) is 4.77. The standard InChI is InChI=1S/C15H18N2O/c1-15(2,3)14-16-10-9-13(17-14)11-5-7-12(18-4)8-6-11/h5-10H,1-4H3. The summed E-state index contributed by atoms with van der Waals surface area (Å²) in [6, 6.07) is 9.82. The summed E-state index contributed by atoms with van der Waals surface area (Å²) in [6.07, 6.45) is 1.81. The van der Waals surface area contributed by atoms with Gasteiger partial charge < -0.3 is 4.74 Å². The van der Waals surface area contributed by atoms with Gasteiger partial charge >= 0.3 is 0 Å². The van der Waals surface area contributed by atoms with E-state index >= 15 is 0 Å². The van der Waals surface area contributed by atoms with Gasteiger partial charge in [-0.05, 0) is 30.3 Å². The van der Waals surface area contributed by atoms with Crippen LogP contribution in [0, 0.1) is 0 Å². The van der Waals surface area contributed by atoms with Crippen molar-refractivity contribution in [3.8, 4) is 17.0 Å². The predicted octanol–water partition coefficient (Wildman–Crippen LogP) is 3.45. The van der Waals surface area contributed by atoms with Gasteiger partial charge in [-0.25, -0.2) is 9.97 Å². The van der Waals surface area contributed by atoms with Gasteiger partial charge in [-0.2, -0.15) is 0 Å². The van der Waals surface area contributed by atoms with E-state index < -0.39 is 0 Å². The number of nitrogens with zero attached hydrogens (tertiary/aromatic N) is 2. The zero-order chi connectivity index (χ0) is 13.2. The Labute approximate surface area is 108 Å². The molecule has 0 saturated heterocycles. The molecule has 1 heterocycles. The molecule has 94 valence electrons. The lowest BCUT2D eigenvalue weighted by atomic mass is 9.95. The smallest absolute Gasteiger partial charge is 0.134 e. The minimum absolute atomic E-state index is 0.0392. The quantitative estimate of drug-likeness (QED) is 0.809. The maximum atomic E-state index is 5.15. The summed E-state index contributed by atoms with van der Waals surface area (Å²) in [5, 5.41) is 0. The molecule has 0 atom stereocenters. The van der Waals surface area contributed by atoms with E-state index in [-0.39, 0.29) is 5.41 Å². The lowest BCUT2D eigenvalue weighted by molar-refractivity contribution is 0.415. The molecule has 18 heavy (non-hydrogen) atoms. The van der Waals surface area contributed by atoms with Crippen LogP contribution in [0.25, 0.3) is 11.3 Å². The van der Waals surface area contributed by atoms with Gasteiger partial charge in [-0.3, -0.25) is 0 Å². The third kappa shape index (κ3) is 2.67. The van der Waals surface area contributed by atoms with Crippen LogP contribution < -0.4 is 4.74 Å². The Hall–Kier alpha value is -1.90. The first-order chi connectivity index (χ1) is 8.50. The molecule has 2 aromatic rings. The zero-order valence-corrected chi connectivity index (χ0v) is 11.3. The molecule has 0 amide bonds. The number of hydrogen-bond acceptors (Lipinski definition) is 3. The van der Waals surface area contributed by atoms with Crippen LogP contribution in [0.15, 0.2) is 36.5 Å². The van der Waals surface area contributed by atoms with Gasteiger partial charge in [-0.1, -0.05) is 20.8 Å². The van der Waals surface area contributed by atoms with E-state index in [1.54, 1.807) is 7.11 Å². The molecule has 0 aliphatic heterocycles. The van der Waals surface area contributed by atoms with E-state index in [1.165, 1.54) is 0 Å². The largest absolute Gasteiger partial charge is 0.497 e. The Balaban J connectivity index is 2.38. The molecule has 3 nitrogen and oxygen atoms in total. The van der Waals surface area contributed by atoms with Crippen LogP contribution in [0.5, 0.6) is 5.75 Å². The van der Waals surface area contributed by atoms with Crippen LogP contribution in [-0.4, -0.2) is 17.1 Å². The Bertz CT molecular complexity index is 527. The van der Waals surface area contributed by atoms with Gasteiger partial charge in [0.15, 0.2) is 0 Å². The number of ether oxygens (including phenoxy) is 1. The highest BCUT2D eigenvalue weighted by molar-refractivity contribution is 5.59. The summed E-state index contributed by atoms with van der Waals surface area (Å²) in [5.41, 5.74) is 1.98. The van der Waals surface area contributed by atoms with Crippen molar-refractivity contribution >= 4 is 0 Å². The Morgan fingerprint density at radius 3 is 2.22 bits per heavy atom. The highest BCUT2D eigenvalue weighted by atomic mass is 16.5. The van der Waals surface area contributed by atoms with Crippen LogP contribution in [-0.2, 0) is 5.41 Å². The van der Waals surface area contributed by atoms with E-state index in [0.29, 0.717) is 0 Å². The van der Waals surface area contributed by atoms with Crippen LogP contribution in [0.4, 0.5) is 0 Å². The number of methoxy groups -OCH3 is 1. The molecule has 0 aliphatic carbocycles. The van der Waals surface area contributed by atoms with Crippen molar-refractivity contribution in [3.63, 3.8) is 0 Å². The molecule has 3 heteroatoms. The number of benzene rings is 1. The fourth-order valence-electron chi connectivity index (χ4n) is 1.64. The molecule has 0 saturated carbocycles. The molecule has 0 fully saturated rings. The highest BCUT2D eigenvalue weighted by Crippen LogP contribution is 2.23. The highest BCUT2D eigenvalue weighted by Gasteiger charge is 2.17. The molecular formula is C15H18N2O. The van der Waals surface area contributed by atoms with Gasteiger partial charge in [0.2, 0.25) is 0 Å². The fraction of sp³-hybridized carbons (Fsp3) is 0.333. The third-order valence-corrected chi connectivity index (χ3v) is 2.71. The second-order valence-electron chi connectivity index (χ2n) is 5.24. The molecule has 0 N–H and O–H groups in total. The van der Waals surface area contributed by atoms with Crippen molar-refractivity contribution in [1.29, 1.82) is 0 Å². The molecule has 0 aliphatic rings. The average Bonchev–Trinajstić information content (AvgIpc) is 2.38. The van der Waals surface area contributed by atoms with E-state index in [2.05, 4.69) is 30.7 Å². The Morgan fingerprint density at radius 1 is 1.00 bits per heavy atom. The summed E-state index contributed by atoms with van der Waals surface area (Å²) in [5.74, 6) is 1.71. The van der Waals surface area contributed by atoms with Crippen LogP contribution in [0.2, 0.25) is 0 Å². The van der Waals surface area contributed by atoms with Crippen molar-refractivity contribution in [2.45, 2.75) is 26.2 Å². The first-order valence-electron chi connectivity index (χ1n) is 5.98. The summed E-state index contributed by atoms with van der Waals surface area (Å²) >= 11 is 0. The van der Waals surface area contributed by atoms with Crippen LogP contribution in [0.3, 0.4) is 0 Å². The number of rotatable bonds is 2. The maximum Gasteiger partial charge on any atom is 0.134 e. The molecule has 1 aromatic carbocycles. The fourth-order valence-corrected chi connectivity index (χ4v) is 1.64. The lowest BCUT2D eigenvalue weighted by Crippen LogP contribution is -2.15. The number of aromatic nitrogens is 2. The van der Waals surface area contributed by atoms with Gasteiger partial charge in [0.25, 0.3) is 0 Å². The maximum absolute atomic E-state index is 5.15. The molecule has 0 spiro atoms.